The number of hydrogen-bond donors (Lipinski definition) is 2. The molecule has 0 amide bonds. The SMILES string of the molecule is C.CC(C)(C)CCOP(C)(=O)O.CC(C)(C)COP(C)(=O)O. The summed E-state index contributed by atoms with van der Waals surface area (Å²) in [5.74, 6) is 0. The van der Waals surface area contributed by atoms with E-state index >= 15 is 0 Å². The molecule has 0 bridgehead atoms. The van der Waals surface area contributed by atoms with Gasteiger partial charge in [-0.3, -0.25) is 9.13 Å². The molecule has 0 rings (SSSR count). The Balaban J connectivity index is -0.000000315. The van der Waals surface area contributed by atoms with E-state index < -0.39 is 15.2 Å². The zero-order chi connectivity index (χ0) is 17.5. The summed E-state index contributed by atoms with van der Waals surface area (Å²) in [5, 5.41) is 0. The molecule has 8 heteroatoms. The molecule has 0 heterocycles. The molecule has 0 aliphatic carbocycles. The van der Waals surface area contributed by atoms with Crippen molar-refractivity contribution in [2.45, 2.75) is 55.4 Å². The van der Waals surface area contributed by atoms with Crippen molar-refractivity contribution < 1.29 is 28.0 Å². The van der Waals surface area contributed by atoms with Gasteiger partial charge in [-0.1, -0.05) is 49.0 Å². The van der Waals surface area contributed by atoms with E-state index in [0.29, 0.717) is 13.2 Å². The summed E-state index contributed by atoms with van der Waals surface area (Å²) < 4.78 is 30.6. The van der Waals surface area contributed by atoms with Crippen LogP contribution in [0.1, 0.15) is 55.4 Å². The first-order valence-corrected chi connectivity index (χ1v) is 10.9. The van der Waals surface area contributed by atoms with Gasteiger partial charge in [0.15, 0.2) is 0 Å². The minimum absolute atomic E-state index is 0. The molecule has 0 aromatic heterocycles. The van der Waals surface area contributed by atoms with Gasteiger partial charge >= 0.3 is 15.2 Å². The van der Waals surface area contributed by atoms with E-state index in [4.69, 9.17) is 18.8 Å². The van der Waals surface area contributed by atoms with Gasteiger partial charge < -0.3 is 18.8 Å². The van der Waals surface area contributed by atoms with Crippen LogP contribution in [0.15, 0.2) is 0 Å². The summed E-state index contributed by atoms with van der Waals surface area (Å²) in [4.78, 5) is 17.5. The van der Waals surface area contributed by atoms with Gasteiger partial charge in [0.05, 0.1) is 13.2 Å². The van der Waals surface area contributed by atoms with Crippen molar-refractivity contribution in [1.29, 1.82) is 0 Å². The van der Waals surface area contributed by atoms with Crippen LogP contribution in [-0.2, 0) is 18.2 Å². The fraction of sp³-hybridized carbons (Fsp3) is 1.00. The molecule has 0 aliphatic heterocycles. The van der Waals surface area contributed by atoms with Crippen LogP contribution in [0.3, 0.4) is 0 Å². The summed E-state index contributed by atoms with van der Waals surface area (Å²) in [7, 11) is -6.51. The van der Waals surface area contributed by atoms with Crippen molar-refractivity contribution in [1.82, 2.24) is 0 Å². The molecular weight excluding hydrogens is 326 g/mol. The Morgan fingerprint density at radius 2 is 1.18 bits per heavy atom. The first-order valence-electron chi connectivity index (χ1n) is 6.81. The van der Waals surface area contributed by atoms with Crippen LogP contribution >= 0.6 is 15.2 Å². The minimum atomic E-state index is -3.26. The highest BCUT2D eigenvalue weighted by Gasteiger charge is 2.17. The van der Waals surface area contributed by atoms with Gasteiger partial charge in [0.2, 0.25) is 0 Å². The molecule has 0 spiro atoms. The molecular formula is C14H36O6P2. The Labute approximate surface area is 136 Å². The molecule has 0 aromatic carbocycles. The lowest BCUT2D eigenvalue weighted by Gasteiger charge is -2.18. The molecule has 6 nitrogen and oxygen atoms in total. The van der Waals surface area contributed by atoms with Crippen molar-refractivity contribution in [3.8, 4) is 0 Å². The highest BCUT2D eigenvalue weighted by molar-refractivity contribution is 7.52. The number of rotatable bonds is 5. The lowest BCUT2D eigenvalue weighted by atomic mass is 9.93. The molecule has 0 radical (unpaired) electrons. The van der Waals surface area contributed by atoms with Gasteiger partial charge in [-0.05, 0) is 17.3 Å². The van der Waals surface area contributed by atoms with Crippen LogP contribution in [0.5, 0.6) is 0 Å². The van der Waals surface area contributed by atoms with Crippen LogP contribution in [-0.4, -0.2) is 36.3 Å². The Morgan fingerprint density at radius 3 is 1.36 bits per heavy atom. The Bertz CT molecular complexity index is 370. The molecule has 0 aromatic rings. The third-order valence-corrected chi connectivity index (χ3v) is 3.19. The monoisotopic (exact) mass is 362 g/mol. The summed E-state index contributed by atoms with van der Waals surface area (Å²) in [6.45, 7) is 15.1. The zero-order valence-corrected chi connectivity index (χ0v) is 16.3. The normalized spacial score (nSPS) is 17.4. The highest BCUT2D eigenvalue weighted by atomic mass is 31.2. The Hall–Kier alpha value is 0.300. The largest absolute Gasteiger partial charge is 0.325 e. The van der Waals surface area contributed by atoms with E-state index in [-0.39, 0.29) is 18.3 Å². The van der Waals surface area contributed by atoms with E-state index in [1.54, 1.807) is 0 Å². The zero-order valence-electron chi connectivity index (χ0n) is 14.5. The Morgan fingerprint density at radius 1 is 0.818 bits per heavy atom. The smallest absolute Gasteiger partial charge is 0.324 e. The van der Waals surface area contributed by atoms with Gasteiger partial charge in [-0.2, -0.15) is 0 Å². The van der Waals surface area contributed by atoms with E-state index in [1.807, 2.05) is 20.8 Å². The van der Waals surface area contributed by atoms with Crippen molar-refractivity contribution in [3.05, 3.63) is 0 Å². The maximum absolute atomic E-state index is 10.6. The molecule has 22 heavy (non-hydrogen) atoms. The van der Waals surface area contributed by atoms with Crippen LogP contribution in [0.25, 0.3) is 0 Å². The average molecular weight is 362 g/mol. The second-order valence-corrected chi connectivity index (χ2v) is 11.3. The van der Waals surface area contributed by atoms with Gasteiger partial charge in [-0.25, -0.2) is 0 Å². The average Bonchev–Trinajstić information content (AvgIpc) is 2.09. The van der Waals surface area contributed by atoms with Crippen molar-refractivity contribution in [3.63, 3.8) is 0 Å². The maximum Gasteiger partial charge on any atom is 0.325 e. The minimum Gasteiger partial charge on any atom is -0.324 e. The van der Waals surface area contributed by atoms with Gasteiger partial charge in [0.25, 0.3) is 0 Å². The summed E-state index contributed by atoms with van der Waals surface area (Å²) in [6.07, 6.45) is 0.797. The number of hydrogen-bond acceptors (Lipinski definition) is 4. The third kappa shape index (κ3) is 32.3. The van der Waals surface area contributed by atoms with Crippen LogP contribution in [0.4, 0.5) is 0 Å². The quantitative estimate of drug-likeness (QED) is 0.685. The van der Waals surface area contributed by atoms with E-state index in [9.17, 15) is 9.13 Å². The molecule has 0 fully saturated rings. The van der Waals surface area contributed by atoms with E-state index in [2.05, 4.69) is 20.8 Å². The summed E-state index contributed by atoms with van der Waals surface area (Å²) in [5.41, 5.74) is 0.115. The fourth-order valence-corrected chi connectivity index (χ4v) is 1.89. The first kappa shape index (κ1) is 27.2. The first-order chi connectivity index (χ1) is 8.91. The van der Waals surface area contributed by atoms with Crippen LogP contribution < -0.4 is 0 Å². The van der Waals surface area contributed by atoms with Crippen molar-refractivity contribution in [2.75, 3.05) is 26.5 Å². The molecule has 0 saturated heterocycles. The van der Waals surface area contributed by atoms with Gasteiger partial charge in [0, 0.05) is 13.3 Å². The van der Waals surface area contributed by atoms with Crippen molar-refractivity contribution in [2.24, 2.45) is 10.8 Å². The third-order valence-electron chi connectivity index (χ3n) is 1.92. The van der Waals surface area contributed by atoms with E-state index in [1.165, 1.54) is 13.3 Å². The lowest BCUT2D eigenvalue weighted by Crippen LogP contribution is -2.13. The summed E-state index contributed by atoms with van der Waals surface area (Å²) in [6, 6.07) is 0. The maximum atomic E-state index is 10.6. The fourth-order valence-electron chi connectivity index (χ4n) is 0.835. The lowest BCUT2D eigenvalue weighted by molar-refractivity contribution is 0.177. The molecule has 0 aliphatic rings. The van der Waals surface area contributed by atoms with Gasteiger partial charge in [0.1, 0.15) is 0 Å². The predicted molar refractivity (Wildman–Crippen MR) is 93.7 cm³/mol. The summed E-state index contributed by atoms with van der Waals surface area (Å²) >= 11 is 0. The molecule has 2 atom stereocenters. The second-order valence-electron chi connectivity index (χ2n) is 7.58. The van der Waals surface area contributed by atoms with Crippen LogP contribution in [0, 0.1) is 10.8 Å². The predicted octanol–water partition coefficient (Wildman–Crippen LogP) is 4.75. The molecule has 2 N–H and O–H groups in total. The van der Waals surface area contributed by atoms with Crippen LogP contribution in [0.2, 0.25) is 0 Å². The van der Waals surface area contributed by atoms with Crippen molar-refractivity contribution >= 4 is 15.2 Å². The molecule has 138 valence electrons. The van der Waals surface area contributed by atoms with Gasteiger partial charge in [-0.15, -0.1) is 0 Å². The van der Waals surface area contributed by atoms with E-state index in [0.717, 1.165) is 6.42 Å². The second kappa shape index (κ2) is 10.2. The highest BCUT2D eigenvalue weighted by Crippen LogP contribution is 2.38. The topological polar surface area (TPSA) is 93.1 Å². The standard InChI is InChI=1S/C7H17O3P.C6H15O3P.CH4/c1-7(2,3)5-6-10-11(4,8)9;1-6(2,3)5-9-10(4,7)8;/h5-6H2,1-4H3,(H,8,9);5H2,1-4H3,(H,7,8);1H4. The molecule has 2 unspecified atom stereocenters. The molecule has 0 saturated carbocycles. The Kier molecular flexibility index (Phi) is 12.6.